The normalized spacial score (nSPS) is 17.8. The van der Waals surface area contributed by atoms with E-state index in [4.69, 9.17) is 0 Å². The zero-order chi connectivity index (χ0) is 18.7. The van der Waals surface area contributed by atoms with Gasteiger partial charge in [-0.15, -0.1) is 0 Å². The van der Waals surface area contributed by atoms with Gasteiger partial charge in [0, 0.05) is 25.2 Å². The van der Waals surface area contributed by atoms with Gasteiger partial charge in [-0.25, -0.2) is 13.1 Å². The Bertz CT molecular complexity index is 801. The van der Waals surface area contributed by atoms with Crippen molar-refractivity contribution in [2.75, 3.05) is 18.0 Å². The van der Waals surface area contributed by atoms with E-state index in [1.54, 1.807) is 17.0 Å². The molecule has 1 heterocycles. The van der Waals surface area contributed by atoms with E-state index in [1.165, 1.54) is 19.4 Å². The van der Waals surface area contributed by atoms with Gasteiger partial charge in [0.1, 0.15) is 0 Å². The predicted molar refractivity (Wildman–Crippen MR) is 98.4 cm³/mol. The number of nitrogens with zero attached hydrogens (tertiary/aromatic N) is 1. The quantitative estimate of drug-likeness (QED) is 0.807. The van der Waals surface area contributed by atoms with Crippen molar-refractivity contribution < 1.29 is 18.0 Å². The van der Waals surface area contributed by atoms with E-state index in [1.807, 2.05) is 0 Å². The highest BCUT2D eigenvalue weighted by Gasteiger charge is 2.25. The van der Waals surface area contributed by atoms with E-state index in [9.17, 15) is 18.0 Å². The lowest BCUT2D eigenvalue weighted by Gasteiger charge is -2.22. The van der Waals surface area contributed by atoms with Crippen LogP contribution in [0.1, 0.15) is 44.6 Å². The monoisotopic (exact) mass is 379 g/mol. The first-order valence-corrected chi connectivity index (χ1v) is 10.6. The standard InChI is InChI=1S/C18H25N3O4S/c1-13(22)21-10-9-14-11-16(7-8-17(14)21)26(24,25)19-12-18(23)20-15-5-3-2-4-6-15/h7-8,11,15,19H,2-6,9-10,12H2,1H3,(H,20,23). The van der Waals surface area contributed by atoms with E-state index in [0.29, 0.717) is 13.0 Å². The molecule has 0 aromatic heterocycles. The minimum Gasteiger partial charge on any atom is -0.352 e. The van der Waals surface area contributed by atoms with E-state index >= 15 is 0 Å². The summed E-state index contributed by atoms with van der Waals surface area (Å²) in [7, 11) is -3.77. The van der Waals surface area contributed by atoms with Crippen LogP contribution in [-0.2, 0) is 26.0 Å². The van der Waals surface area contributed by atoms with E-state index in [0.717, 1.165) is 36.9 Å². The van der Waals surface area contributed by atoms with Gasteiger partial charge in [0.05, 0.1) is 11.4 Å². The van der Waals surface area contributed by atoms with Crippen molar-refractivity contribution in [1.29, 1.82) is 0 Å². The van der Waals surface area contributed by atoms with Gasteiger partial charge in [0.25, 0.3) is 0 Å². The zero-order valence-electron chi connectivity index (χ0n) is 15.0. The summed E-state index contributed by atoms with van der Waals surface area (Å²) >= 11 is 0. The molecular weight excluding hydrogens is 354 g/mol. The van der Waals surface area contributed by atoms with Crippen molar-refractivity contribution in [1.82, 2.24) is 10.0 Å². The number of sulfonamides is 1. The molecule has 1 aromatic rings. The molecule has 26 heavy (non-hydrogen) atoms. The maximum atomic E-state index is 12.5. The van der Waals surface area contributed by atoms with Crippen molar-refractivity contribution in [2.45, 2.75) is 56.4 Å². The lowest BCUT2D eigenvalue weighted by molar-refractivity contribution is -0.121. The summed E-state index contributed by atoms with van der Waals surface area (Å²) in [5, 5.41) is 2.89. The molecule has 8 heteroatoms. The van der Waals surface area contributed by atoms with Crippen LogP contribution in [0.15, 0.2) is 23.1 Å². The SMILES string of the molecule is CC(=O)N1CCc2cc(S(=O)(=O)NCC(=O)NC3CCCCC3)ccc21. The van der Waals surface area contributed by atoms with Gasteiger partial charge in [-0.2, -0.15) is 0 Å². The first-order valence-electron chi connectivity index (χ1n) is 9.07. The smallest absolute Gasteiger partial charge is 0.241 e. The molecule has 7 nitrogen and oxygen atoms in total. The highest BCUT2D eigenvalue weighted by Crippen LogP contribution is 2.30. The van der Waals surface area contributed by atoms with Crippen molar-refractivity contribution in [2.24, 2.45) is 0 Å². The van der Waals surface area contributed by atoms with Crippen LogP contribution >= 0.6 is 0 Å². The summed E-state index contributed by atoms with van der Waals surface area (Å²) < 4.78 is 27.3. The summed E-state index contributed by atoms with van der Waals surface area (Å²) in [4.78, 5) is 25.3. The number of hydrogen-bond acceptors (Lipinski definition) is 4. The molecule has 3 rings (SSSR count). The van der Waals surface area contributed by atoms with Gasteiger partial charge in [-0.3, -0.25) is 9.59 Å². The third-order valence-electron chi connectivity index (χ3n) is 5.03. The molecule has 2 amide bonds. The third kappa shape index (κ3) is 4.24. The van der Waals surface area contributed by atoms with Crippen LogP contribution in [0.5, 0.6) is 0 Å². The van der Waals surface area contributed by atoms with Gasteiger partial charge in [0.2, 0.25) is 21.8 Å². The topological polar surface area (TPSA) is 95.6 Å². The lowest BCUT2D eigenvalue weighted by atomic mass is 9.95. The highest BCUT2D eigenvalue weighted by molar-refractivity contribution is 7.89. The molecular formula is C18H25N3O4S. The Balaban J connectivity index is 1.61. The lowest BCUT2D eigenvalue weighted by Crippen LogP contribution is -2.42. The third-order valence-corrected chi connectivity index (χ3v) is 6.43. The van der Waals surface area contributed by atoms with Crippen LogP contribution in [0.4, 0.5) is 5.69 Å². The van der Waals surface area contributed by atoms with Gasteiger partial charge in [-0.1, -0.05) is 19.3 Å². The van der Waals surface area contributed by atoms with Crippen LogP contribution in [0.2, 0.25) is 0 Å². The second-order valence-corrected chi connectivity index (χ2v) is 8.71. The van der Waals surface area contributed by atoms with Crippen molar-refractivity contribution in [3.8, 4) is 0 Å². The van der Waals surface area contributed by atoms with Crippen LogP contribution < -0.4 is 14.9 Å². The van der Waals surface area contributed by atoms with Crippen molar-refractivity contribution in [3.63, 3.8) is 0 Å². The molecule has 2 N–H and O–H groups in total. The average Bonchev–Trinajstić information content (AvgIpc) is 3.04. The molecule has 0 bridgehead atoms. The number of nitrogens with one attached hydrogen (secondary N) is 2. The fraction of sp³-hybridized carbons (Fsp3) is 0.556. The number of rotatable bonds is 5. The molecule has 1 aliphatic heterocycles. The number of carbonyl (C=O) groups excluding carboxylic acids is 2. The first kappa shape index (κ1) is 18.8. The number of amides is 2. The molecule has 0 radical (unpaired) electrons. The molecule has 0 unspecified atom stereocenters. The molecule has 0 saturated heterocycles. The molecule has 1 aliphatic carbocycles. The Morgan fingerprint density at radius 2 is 1.92 bits per heavy atom. The number of carbonyl (C=O) groups is 2. The second kappa shape index (κ2) is 7.75. The van der Waals surface area contributed by atoms with Gasteiger partial charge < -0.3 is 10.2 Å². The molecule has 0 atom stereocenters. The molecule has 2 aliphatic rings. The van der Waals surface area contributed by atoms with Gasteiger partial charge in [0.15, 0.2) is 0 Å². The number of benzene rings is 1. The van der Waals surface area contributed by atoms with Crippen LogP contribution in [0.25, 0.3) is 0 Å². The minimum absolute atomic E-state index is 0.0585. The summed E-state index contributed by atoms with van der Waals surface area (Å²) in [6.07, 6.45) is 5.93. The second-order valence-electron chi connectivity index (χ2n) is 6.94. The van der Waals surface area contributed by atoms with E-state index in [-0.39, 0.29) is 29.3 Å². The predicted octanol–water partition coefficient (Wildman–Crippen LogP) is 1.32. The maximum Gasteiger partial charge on any atom is 0.241 e. The summed E-state index contributed by atoms with van der Waals surface area (Å²) in [6.45, 7) is 1.78. The van der Waals surface area contributed by atoms with Gasteiger partial charge >= 0.3 is 0 Å². The Morgan fingerprint density at radius 3 is 2.62 bits per heavy atom. The summed E-state index contributed by atoms with van der Waals surface area (Å²) in [5.74, 6) is -0.360. The largest absolute Gasteiger partial charge is 0.352 e. The zero-order valence-corrected chi connectivity index (χ0v) is 15.8. The Kier molecular flexibility index (Phi) is 5.62. The van der Waals surface area contributed by atoms with Crippen molar-refractivity contribution >= 4 is 27.5 Å². The first-order chi connectivity index (χ1) is 12.4. The summed E-state index contributed by atoms with van der Waals surface area (Å²) in [6, 6.07) is 4.86. The molecule has 1 fully saturated rings. The molecule has 1 aromatic carbocycles. The molecule has 1 saturated carbocycles. The fourth-order valence-corrected chi connectivity index (χ4v) is 4.67. The average molecular weight is 379 g/mol. The van der Waals surface area contributed by atoms with E-state index in [2.05, 4.69) is 10.0 Å². The number of hydrogen-bond donors (Lipinski definition) is 2. The minimum atomic E-state index is -3.77. The Labute approximate surface area is 154 Å². The Morgan fingerprint density at radius 1 is 1.19 bits per heavy atom. The Hall–Kier alpha value is -1.93. The molecule has 142 valence electrons. The molecule has 0 spiro atoms. The number of anilines is 1. The highest BCUT2D eigenvalue weighted by atomic mass is 32.2. The van der Waals surface area contributed by atoms with Crippen LogP contribution in [-0.4, -0.2) is 39.4 Å². The van der Waals surface area contributed by atoms with Crippen molar-refractivity contribution in [3.05, 3.63) is 23.8 Å². The van der Waals surface area contributed by atoms with Crippen LogP contribution in [0, 0.1) is 0 Å². The summed E-state index contributed by atoms with van der Waals surface area (Å²) in [5.41, 5.74) is 1.58. The van der Waals surface area contributed by atoms with E-state index < -0.39 is 10.0 Å². The van der Waals surface area contributed by atoms with Crippen LogP contribution in [0.3, 0.4) is 0 Å². The fourth-order valence-electron chi connectivity index (χ4n) is 3.64. The number of fused-ring (bicyclic) bond motifs is 1. The maximum absolute atomic E-state index is 12.5. The van der Waals surface area contributed by atoms with Gasteiger partial charge in [-0.05, 0) is 43.0 Å².